The number of fused-ring (bicyclic) bond motifs is 12. The summed E-state index contributed by atoms with van der Waals surface area (Å²) in [5, 5.41) is 9.36. The number of nitrogens with zero attached hydrogens (tertiary/aromatic N) is 8. The second-order valence-corrected chi connectivity index (χ2v) is 23.0. The van der Waals surface area contributed by atoms with Gasteiger partial charge >= 0.3 is 0 Å². The highest BCUT2D eigenvalue weighted by Crippen LogP contribution is 2.47. The van der Waals surface area contributed by atoms with E-state index in [2.05, 4.69) is 272 Å². The summed E-state index contributed by atoms with van der Waals surface area (Å²) in [6.45, 7) is 8.14. The Morgan fingerprint density at radius 2 is 0.633 bits per heavy atom. The normalized spacial score (nSPS) is 11.8. The van der Waals surface area contributed by atoms with Crippen LogP contribution in [0.1, 0.15) is 0 Å². The molecule has 0 aliphatic rings. The van der Waals surface area contributed by atoms with Crippen LogP contribution in [-0.2, 0) is 0 Å². The summed E-state index contributed by atoms with van der Waals surface area (Å²) in [5.41, 5.74) is 19.8. The number of aromatic nitrogens is 7. The van der Waals surface area contributed by atoms with Crippen LogP contribution in [0.5, 0.6) is 0 Å². The number of hydrogen-bond donors (Lipinski definition) is 0. The smallest absolute Gasteiger partial charge is 0.187 e. The summed E-state index contributed by atoms with van der Waals surface area (Å²) in [7, 11) is 0. The van der Waals surface area contributed by atoms with Crippen molar-refractivity contribution >= 4 is 92.9 Å². The molecule has 8 nitrogen and oxygen atoms in total. The molecule has 0 aliphatic carbocycles. The summed E-state index contributed by atoms with van der Waals surface area (Å²) in [6, 6.07) is 108. The van der Waals surface area contributed by atoms with Gasteiger partial charge in [0.25, 0.3) is 0 Å². The van der Waals surface area contributed by atoms with Crippen molar-refractivity contribution in [1.29, 1.82) is 0 Å². The van der Waals surface area contributed by atoms with Crippen molar-refractivity contribution in [3.63, 3.8) is 0 Å². The van der Waals surface area contributed by atoms with Gasteiger partial charge in [-0.25, -0.2) is 19.8 Å². The van der Waals surface area contributed by atoms with Crippen LogP contribution in [0, 0.1) is 6.57 Å². The van der Waals surface area contributed by atoms with E-state index in [1.165, 1.54) is 21.5 Å². The highest BCUT2D eigenvalue weighted by Gasteiger charge is 2.26. The van der Waals surface area contributed by atoms with E-state index < -0.39 is 0 Å². The van der Waals surface area contributed by atoms with Crippen LogP contribution in [0.4, 0.5) is 5.69 Å². The fourth-order valence-electron chi connectivity index (χ4n) is 14.0. The van der Waals surface area contributed by atoms with E-state index in [1.54, 1.807) is 0 Å². The molecule has 8 heteroatoms. The number of rotatable bonds is 9. The van der Waals surface area contributed by atoms with E-state index in [4.69, 9.17) is 21.5 Å². The van der Waals surface area contributed by atoms with Crippen LogP contribution in [-0.4, -0.2) is 33.2 Å². The molecule has 5 heterocycles. The molecule has 0 amide bonds. The first-order valence-electron chi connectivity index (χ1n) is 30.3. The summed E-state index contributed by atoms with van der Waals surface area (Å²) < 4.78 is 9.69. The summed E-state index contributed by atoms with van der Waals surface area (Å²) >= 11 is 0. The Morgan fingerprint density at radius 3 is 1.12 bits per heavy atom. The first kappa shape index (κ1) is 50.8. The van der Waals surface area contributed by atoms with Gasteiger partial charge in [-0.1, -0.05) is 194 Å². The zero-order valence-electron chi connectivity index (χ0n) is 48.4. The number of benzene rings is 13. The predicted octanol–water partition coefficient (Wildman–Crippen LogP) is 21.1. The maximum absolute atomic E-state index is 8.14. The van der Waals surface area contributed by atoms with E-state index >= 15 is 0 Å². The van der Waals surface area contributed by atoms with Gasteiger partial charge in [0.1, 0.15) is 0 Å². The topological polar surface area (TPSA) is 62.8 Å². The van der Waals surface area contributed by atoms with Gasteiger partial charge in [0.2, 0.25) is 0 Å². The molecule has 18 rings (SSSR count). The molecular formula is C82H50N8. The van der Waals surface area contributed by atoms with Crippen molar-refractivity contribution in [2.24, 2.45) is 0 Å². The Morgan fingerprint density at radius 1 is 0.233 bits per heavy atom. The molecule has 18 aromatic rings. The van der Waals surface area contributed by atoms with Crippen molar-refractivity contribution in [2.45, 2.75) is 0 Å². The molecule has 418 valence electrons. The summed E-state index contributed by atoms with van der Waals surface area (Å²) in [6.07, 6.45) is 0. The van der Waals surface area contributed by atoms with E-state index in [9.17, 15) is 0 Å². The molecule has 5 aromatic heterocycles. The standard InChI is InChI=1S/C82H50N8/c1-83-56-28-22-27-54(45-56)55-41-44-75(90-74-40-21-17-36-63(74)70-49-68-61-34-15-19-38-72(61)88(77(68)51-79(70)90)58-31-12-5-13-32-58)66(46-55)65-47-59(42-43-64(65)82-85-80(52-23-6-2-7-24-52)84-81(86-82)53-25-8-3-9-26-53)89-73-39-20-16-35-62(73)69-48-67-60-33-14-18-37-71(60)87(76(67)50-78(69)89)57-29-10-4-11-30-57/h2-51H. The van der Waals surface area contributed by atoms with Crippen molar-refractivity contribution in [2.75, 3.05) is 0 Å². The molecule has 0 fully saturated rings. The van der Waals surface area contributed by atoms with Gasteiger partial charge < -0.3 is 18.3 Å². The van der Waals surface area contributed by atoms with Crippen LogP contribution in [0.25, 0.3) is 171 Å². The molecule has 0 radical (unpaired) electrons. The van der Waals surface area contributed by atoms with E-state index in [-0.39, 0.29) is 0 Å². The van der Waals surface area contributed by atoms with Crippen LogP contribution in [0.2, 0.25) is 0 Å². The lowest BCUT2D eigenvalue weighted by atomic mass is 9.92. The zero-order valence-corrected chi connectivity index (χ0v) is 48.4. The predicted molar refractivity (Wildman–Crippen MR) is 371 cm³/mol. The molecule has 0 saturated heterocycles. The molecule has 0 N–H and O–H groups in total. The second kappa shape index (κ2) is 20.3. The Bertz CT molecular complexity index is 5910. The minimum Gasteiger partial charge on any atom is -0.309 e. The Labute approximate surface area is 517 Å². The fourth-order valence-corrected chi connectivity index (χ4v) is 14.0. The zero-order chi connectivity index (χ0) is 59.4. The van der Waals surface area contributed by atoms with Gasteiger partial charge in [0.15, 0.2) is 23.2 Å². The second-order valence-electron chi connectivity index (χ2n) is 23.0. The average molecular weight is 1150 g/mol. The van der Waals surface area contributed by atoms with E-state index in [0.29, 0.717) is 23.2 Å². The molecule has 0 spiro atoms. The van der Waals surface area contributed by atoms with Gasteiger partial charge in [-0.3, -0.25) is 0 Å². The van der Waals surface area contributed by atoms with Gasteiger partial charge in [-0.15, -0.1) is 0 Å². The fraction of sp³-hybridized carbons (Fsp3) is 0. The average Bonchev–Trinajstić information content (AvgIpc) is 1.59. The molecule has 0 unspecified atom stereocenters. The Balaban J connectivity index is 0.979. The quantitative estimate of drug-likeness (QED) is 0.135. The Kier molecular flexibility index (Phi) is 11.5. The lowest BCUT2D eigenvalue weighted by Crippen LogP contribution is -2.04. The van der Waals surface area contributed by atoms with Gasteiger partial charge in [-0.2, -0.15) is 0 Å². The van der Waals surface area contributed by atoms with Crippen LogP contribution in [0.3, 0.4) is 0 Å². The molecule has 0 atom stereocenters. The molecule has 0 bridgehead atoms. The molecule has 0 aliphatic heterocycles. The number of hydrogen-bond acceptors (Lipinski definition) is 3. The lowest BCUT2D eigenvalue weighted by molar-refractivity contribution is 1.07. The SMILES string of the molecule is [C-]#[N+]c1cccc(-c2ccc(-n3c4ccccc4c4cc5c6ccccc6n(-c6ccccc6)c5cc43)c(-c3cc(-n4c5ccccc5c5cc6c7ccccc7n(-c7ccccc7)c6cc54)ccc3-c3nc(-c4ccccc4)nc(-c4ccccc4)n3)c2)c1. The first-order valence-corrected chi connectivity index (χ1v) is 30.3. The molecule has 0 saturated carbocycles. The summed E-state index contributed by atoms with van der Waals surface area (Å²) in [4.78, 5) is 20.1. The van der Waals surface area contributed by atoms with Gasteiger partial charge in [-0.05, 0) is 126 Å². The third-order valence-corrected chi connectivity index (χ3v) is 18.0. The highest BCUT2D eigenvalue weighted by atomic mass is 15.0. The monoisotopic (exact) mass is 1150 g/mol. The number of para-hydroxylation sites is 6. The Hall–Kier alpha value is -12.4. The van der Waals surface area contributed by atoms with Gasteiger partial charge in [0, 0.05) is 82.4 Å². The maximum Gasteiger partial charge on any atom is 0.187 e. The van der Waals surface area contributed by atoms with Crippen molar-refractivity contribution < 1.29 is 0 Å². The third-order valence-electron chi connectivity index (χ3n) is 18.0. The van der Waals surface area contributed by atoms with E-state index in [0.717, 1.165) is 127 Å². The van der Waals surface area contributed by atoms with E-state index in [1.807, 2.05) is 54.6 Å². The minimum atomic E-state index is 0.531. The van der Waals surface area contributed by atoms with Crippen molar-refractivity contribution in [3.8, 4) is 79.2 Å². The first-order chi connectivity index (χ1) is 44.6. The summed E-state index contributed by atoms with van der Waals surface area (Å²) in [5.74, 6) is 1.67. The maximum atomic E-state index is 8.14. The van der Waals surface area contributed by atoms with Crippen molar-refractivity contribution in [1.82, 2.24) is 33.2 Å². The minimum absolute atomic E-state index is 0.531. The molecule has 90 heavy (non-hydrogen) atoms. The van der Waals surface area contributed by atoms with Crippen LogP contribution >= 0.6 is 0 Å². The lowest BCUT2D eigenvalue weighted by Gasteiger charge is -2.20. The van der Waals surface area contributed by atoms with Crippen LogP contribution in [0.15, 0.2) is 303 Å². The molecule has 13 aromatic carbocycles. The van der Waals surface area contributed by atoms with Gasteiger partial charge in [0.05, 0.1) is 56.4 Å². The highest BCUT2D eigenvalue weighted by molar-refractivity contribution is 6.21. The molecular weight excluding hydrogens is 1100 g/mol. The third kappa shape index (κ3) is 7.97. The van der Waals surface area contributed by atoms with Crippen LogP contribution < -0.4 is 0 Å². The largest absolute Gasteiger partial charge is 0.309 e. The van der Waals surface area contributed by atoms with Crippen molar-refractivity contribution in [3.05, 3.63) is 315 Å².